The van der Waals surface area contributed by atoms with Crippen LogP contribution in [0.3, 0.4) is 0 Å². The van der Waals surface area contributed by atoms with Crippen LogP contribution in [0.15, 0.2) is 21.5 Å². The first-order chi connectivity index (χ1) is 13.5. The molecule has 0 saturated carbocycles. The van der Waals surface area contributed by atoms with Crippen LogP contribution in [0.2, 0.25) is 0 Å². The van der Waals surface area contributed by atoms with Crippen molar-refractivity contribution in [2.45, 2.75) is 36.6 Å². The molecule has 0 spiro atoms. The topological polar surface area (TPSA) is 163 Å². The summed E-state index contributed by atoms with van der Waals surface area (Å²) < 4.78 is 5.65. The molecular formula is C16H27N7O5. The molecule has 7 N–H and O–H groups in total. The van der Waals surface area contributed by atoms with Crippen molar-refractivity contribution in [1.82, 2.24) is 20.2 Å². The first-order valence-corrected chi connectivity index (χ1v) is 9.40. The molecule has 12 nitrogen and oxygen atoms in total. The van der Waals surface area contributed by atoms with Gasteiger partial charge in [-0.15, -0.1) is 0 Å². The molecule has 4 heterocycles. The number of nitrogens with one attached hydrogen (secondary N) is 1. The van der Waals surface area contributed by atoms with Gasteiger partial charge in [-0.2, -0.15) is 0 Å². The lowest BCUT2D eigenvalue weighted by Crippen LogP contribution is -2.59. The molecule has 0 aromatic carbocycles. The van der Waals surface area contributed by atoms with Crippen molar-refractivity contribution < 1.29 is 25.2 Å². The maximum absolute atomic E-state index is 10.4. The van der Waals surface area contributed by atoms with Crippen LogP contribution in [0, 0.1) is 0 Å². The van der Waals surface area contributed by atoms with E-state index in [0.29, 0.717) is 11.5 Å². The number of ether oxygens (including phenoxy) is 1. The van der Waals surface area contributed by atoms with Gasteiger partial charge in [0.25, 0.3) is 0 Å². The number of nitrogens with two attached hydrogens (primary N) is 1. The molecule has 156 valence electrons. The standard InChI is InChI=1S/C16H27N7O5/c17-14-13-16(1-6-24,20-9-23(14)21-4-2-18-3-5-21)22(8-19-13)15-12(27)11(26)10(7-25)28-15/h8-12,15,18,24-27H,1-7,17H2/t10-,11-,12-,15-,16?/m1/s1. The maximum atomic E-state index is 10.4. The van der Waals surface area contributed by atoms with Crippen LogP contribution in [-0.2, 0) is 4.74 Å². The number of aliphatic hydroxyl groups excluding tert-OH is 4. The molecule has 28 heavy (non-hydrogen) atoms. The van der Waals surface area contributed by atoms with Crippen LogP contribution in [0.25, 0.3) is 0 Å². The third kappa shape index (κ3) is 2.88. The summed E-state index contributed by atoms with van der Waals surface area (Å²) >= 11 is 0. The van der Waals surface area contributed by atoms with Gasteiger partial charge in [0.05, 0.1) is 12.9 Å². The zero-order valence-electron chi connectivity index (χ0n) is 15.4. The molecule has 0 bridgehead atoms. The average molecular weight is 397 g/mol. The van der Waals surface area contributed by atoms with Crippen LogP contribution in [-0.4, -0.2) is 118 Å². The van der Waals surface area contributed by atoms with E-state index >= 15 is 0 Å². The second kappa shape index (κ2) is 7.55. The van der Waals surface area contributed by atoms with E-state index in [2.05, 4.69) is 20.3 Å². The Morgan fingerprint density at radius 2 is 1.96 bits per heavy atom. The predicted molar refractivity (Wildman–Crippen MR) is 98.5 cm³/mol. The molecule has 2 fully saturated rings. The van der Waals surface area contributed by atoms with Gasteiger partial charge >= 0.3 is 0 Å². The van der Waals surface area contributed by atoms with E-state index in [9.17, 15) is 20.4 Å². The third-order valence-corrected chi connectivity index (χ3v) is 5.64. The number of hydrazine groups is 1. The second-order valence-corrected chi connectivity index (χ2v) is 7.20. The van der Waals surface area contributed by atoms with Gasteiger partial charge in [0.15, 0.2) is 11.9 Å². The number of aliphatic hydroxyl groups is 4. The quantitative estimate of drug-likeness (QED) is 0.271. The molecule has 0 aromatic rings. The Labute approximate surface area is 162 Å². The first kappa shape index (κ1) is 19.5. The van der Waals surface area contributed by atoms with Crippen LogP contribution in [0.4, 0.5) is 0 Å². The SMILES string of the molecule is NC1=C2N=CN([C@@H]3O[C@H](CO)[C@@H](O)[C@H]3O)C2(CCO)N=CN1N1CCNCC1. The highest BCUT2D eigenvalue weighted by molar-refractivity contribution is 5.71. The van der Waals surface area contributed by atoms with E-state index in [4.69, 9.17) is 10.5 Å². The number of nitrogens with zero attached hydrogens (tertiary/aromatic N) is 5. The monoisotopic (exact) mass is 397 g/mol. The van der Waals surface area contributed by atoms with E-state index in [-0.39, 0.29) is 13.0 Å². The third-order valence-electron chi connectivity index (χ3n) is 5.64. The Bertz CT molecular complexity index is 682. The van der Waals surface area contributed by atoms with E-state index < -0.39 is 36.8 Å². The van der Waals surface area contributed by atoms with Crippen molar-refractivity contribution in [1.29, 1.82) is 0 Å². The summed E-state index contributed by atoms with van der Waals surface area (Å²) in [6.07, 6.45) is -1.21. The van der Waals surface area contributed by atoms with Crippen LogP contribution < -0.4 is 11.1 Å². The van der Waals surface area contributed by atoms with Crippen LogP contribution >= 0.6 is 0 Å². The molecule has 1 unspecified atom stereocenters. The highest BCUT2D eigenvalue weighted by Gasteiger charge is 2.55. The Balaban J connectivity index is 1.65. The van der Waals surface area contributed by atoms with E-state index in [1.54, 1.807) is 16.2 Å². The van der Waals surface area contributed by atoms with Gasteiger partial charge in [0, 0.05) is 39.2 Å². The van der Waals surface area contributed by atoms with Crippen molar-refractivity contribution >= 4 is 12.7 Å². The average Bonchev–Trinajstić information content (AvgIpc) is 3.22. The molecule has 4 aliphatic heterocycles. The molecule has 5 atom stereocenters. The first-order valence-electron chi connectivity index (χ1n) is 9.40. The van der Waals surface area contributed by atoms with Crippen molar-refractivity contribution in [2.24, 2.45) is 15.7 Å². The van der Waals surface area contributed by atoms with Gasteiger partial charge in [-0.25, -0.2) is 20.0 Å². The zero-order valence-corrected chi connectivity index (χ0v) is 15.4. The second-order valence-electron chi connectivity index (χ2n) is 7.20. The van der Waals surface area contributed by atoms with Gasteiger partial charge in [-0.3, -0.25) is 0 Å². The lowest BCUT2D eigenvalue weighted by atomic mass is 9.99. The fraction of sp³-hybridized carbons (Fsp3) is 0.750. The van der Waals surface area contributed by atoms with Crippen molar-refractivity contribution in [3.8, 4) is 0 Å². The molecule has 0 radical (unpaired) electrons. The number of fused-ring (bicyclic) bond motifs is 1. The Kier molecular flexibility index (Phi) is 5.26. The minimum absolute atomic E-state index is 0.168. The maximum Gasteiger partial charge on any atom is 0.185 e. The normalized spacial score (nSPS) is 38.6. The highest BCUT2D eigenvalue weighted by atomic mass is 16.6. The van der Waals surface area contributed by atoms with E-state index in [1.807, 2.05) is 0 Å². The minimum Gasteiger partial charge on any atom is -0.396 e. The number of rotatable bonds is 5. The molecule has 2 saturated heterocycles. The predicted octanol–water partition coefficient (Wildman–Crippen LogP) is -3.86. The minimum atomic E-state index is -1.28. The highest BCUT2D eigenvalue weighted by Crippen LogP contribution is 2.42. The lowest BCUT2D eigenvalue weighted by Gasteiger charge is -2.45. The number of hydrogen-bond donors (Lipinski definition) is 6. The Morgan fingerprint density at radius 3 is 2.61 bits per heavy atom. The van der Waals surface area contributed by atoms with Gasteiger partial charge in [-0.05, 0) is 0 Å². The van der Waals surface area contributed by atoms with Crippen molar-refractivity contribution in [2.75, 3.05) is 39.4 Å². The number of hydrogen-bond acceptors (Lipinski definition) is 12. The molecule has 0 aliphatic carbocycles. The summed E-state index contributed by atoms with van der Waals surface area (Å²) in [5, 5.41) is 46.7. The van der Waals surface area contributed by atoms with Crippen LogP contribution in [0.5, 0.6) is 0 Å². The molecular weight excluding hydrogens is 370 g/mol. The molecule has 0 aromatic heterocycles. The van der Waals surface area contributed by atoms with Gasteiger partial charge in [0.2, 0.25) is 0 Å². The van der Waals surface area contributed by atoms with E-state index in [1.165, 1.54) is 6.34 Å². The number of piperazine rings is 1. The van der Waals surface area contributed by atoms with Gasteiger partial charge < -0.3 is 41.1 Å². The van der Waals surface area contributed by atoms with Crippen molar-refractivity contribution in [3.63, 3.8) is 0 Å². The lowest BCUT2D eigenvalue weighted by molar-refractivity contribution is -0.0952. The fourth-order valence-corrected chi connectivity index (χ4v) is 4.11. The van der Waals surface area contributed by atoms with Gasteiger partial charge in [0.1, 0.15) is 36.2 Å². The van der Waals surface area contributed by atoms with Crippen LogP contribution in [0.1, 0.15) is 6.42 Å². The van der Waals surface area contributed by atoms with E-state index in [0.717, 1.165) is 26.2 Å². The summed E-state index contributed by atoms with van der Waals surface area (Å²) in [5.74, 6) is 0.385. The Hall–Kier alpha value is -1.80. The smallest absolute Gasteiger partial charge is 0.185 e. The van der Waals surface area contributed by atoms with Crippen molar-refractivity contribution in [3.05, 3.63) is 11.5 Å². The molecule has 0 amide bonds. The summed E-state index contributed by atoms with van der Waals surface area (Å²) in [5.41, 5.74) is 5.72. The summed E-state index contributed by atoms with van der Waals surface area (Å²) in [4.78, 5) is 10.6. The fourth-order valence-electron chi connectivity index (χ4n) is 4.11. The van der Waals surface area contributed by atoms with Gasteiger partial charge in [-0.1, -0.05) is 0 Å². The zero-order chi connectivity index (χ0) is 19.9. The molecule has 4 rings (SSSR count). The summed E-state index contributed by atoms with van der Waals surface area (Å²) in [6.45, 7) is 2.54. The summed E-state index contributed by atoms with van der Waals surface area (Å²) in [7, 11) is 0. The molecule has 4 aliphatic rings. The molecule has 12 heteroatoms. The summed E-state index contributed by atoms with van der Waals surface area (Å²) in [6, 6.07) is 0. The Morgan fingerprint density at radius 1 is 1.21 bits per heavy atom. The largest absolute Gasteiger partial charge is 0.396 e. The number of aliphatic imine (C=N–C) groups is 2.